The number of aryl methyl sites for hydroxylation is 3. The summed E-state index contributed by atoms with van der Waals surface area (Å²) in [6, 6.07) is 22.5. The third-order valence-electron chi connectivity index (χ3n) is 6.76. The fourth-order valence-electron chi connectivity index (χ4n) is 4.46. The summed E-state index contributed by atoms with van der Waals surface area (Å²) in [6.45, 7) is 3.93. The molecule has 1 aliphatic heterocycles. The zero-order chi connectivity index (χ0) is 29.1. The van der Waals surface area contributed by atoms with Crippen LogP contribution >= 0.6 is 12.2 Å². The Morgan fingerprint density at radius 2 is 1.68 bits per heavy atom. The summed E-state index contributed by atoms with van der Waals surface area (Å²) in [5.41, 5.74) is 4.12. The molecule has 0 aliphatic carbocycles. The number of aromatic nitrogens is 2. The molecule has 11 heteroatoms. The Kier molecular flexibility index (Phi) is 7.88. The van der Waals surface area contributed by atoms with E-state index < -0.39 is 11.9 Å². The van der Waals surface area contributed by atoms with Gasteiger partial charge in [0.25, 0.3) is 11.6 Å². The van der Waals surface area contributed by atoms with Crippen LogP contribution in [0.25, 0.3) is 0 Å². The van der Waals surface area contributed by atoms with Crippen LogP contribution in [0.15, 0.2) is 88.4 Å². The first-order valence-electron chi connectivity index (χ1n) is 12.9. The van der Waals surface area contributed by atoms with Crippen molar-refractivity contribution < 1.29 is 23.9 Å². The maximum atomic E-state index is 13.8. The van der Waals surface area contributed by atoms with Gasteiger partial charge in [-0.1, -0.05) is 65.7 Å². The molecule has 1 atom stereocenters. The molecular formula is C30H28N6O4S. The Bertz CT molecular complexity index is 1620. The van der Waals surface area contributed by atoms with Crippen molar-refractivity contribution in [3.8, 4) is 0 Å². The van der Waals surface area contributed by atoms with E-state index in [9.17, 15) is 14.7 Å². The molecule has 208 valence electrons. The third-order valence-corrected chi connectivity index (χ3v) is 7.17. The highest BCUT2D eigenvalue weighted by Gasteiger charge is 2.46. The standard InChI is InChI=1S/C30H28N6O4S/c1-19-9-13-22(14-10-19)31-26(37)17-24-29(39)36(23-15-11-20(2)12-16-23)30(41)35(24)18-25-28(40-33-34(25)3)32-27(38)21-7-5-4-6-8-21/h4-16,24H,17-18H2,1-3H3,(H-,31,32,33,37,38). The molecule has 0 bridgehead atoms. The van der Waals surface area contributed by atoms with Crippen LogP contribution in [0.5, 0.6) is 0 Å². The molecule has 2 amide bonds. The van der Waals surface area contributed by atoms with Crippen molar-refractivity contribution >= 4 is 52.3 Å². The molecule has 5 rings (SSSR count). The van der Waals surface area contributed by atoms with Gasteiger partial charge in [-0.2, -0.15) is 0 Å². The van der Waals surface area contributed by atoms with Crippen molar-refractivity contribution in [2.75, 3.05) is 10.2 Å². The molecule has 1 N–H and O–H groups in total. The van der Waals surface area contributed by atoms with Crippen molar-refractivity contribution in [1.29, 1.82) is 0 Å². The largest absolute Gasteiger partial charge is 0.858 e. The van der Waals surface area contributed by atoms with E-state index in [0.29, 0.717) is 22.6 Å². The Morgan fingerprint density at radius 3 is 2.34 bits per heavy atom. The van der Waals surface area contributed by atoms with Crippen LogP contribution in [0.4, 0.5) is 17.3 Å². The quantitative estimate of drug-likeness (QED) is 0.150. The predicted octanol–water partition coefficient (Wildman–Crippen LogP) is 3.09. The van der Waals surface area contributed by atoms with Gasteiger partial charge in [-0.15, -0.1) is 0 Å². The minimum Gasteiger partial charge on any atom is -0.858 e. The lowest BCUT2D eigenvalue weighted by Crippen LogP contribution is -2.42. The molecule has 41 heavy (non-hydrogen) atoms. The molecule has 1 aromatic heterocycles. The number of nitrogens with one attached hydrogen (secondary N) is 1. The maximum absolute atomic E-state index is 13.8. The van der Waals surface area contributed by atoms with E-state index in [1.807, 2.05) is 50.2 Å². The number of carbonyl (C=O) groups is 2. The van der Waals surface area contributed by atoms with Gasteiger partial charge in [0.1, 0.15) is 12.6 Å². The molecule has 3 aromatic carbocycles. The second kappa shape index (κ2) is 11.7. The predicted molar refractivity (Wildman–Crippen MR) is 155 cm³/mol. The van der Waals surface area contributed by atoms with Gasteiger partial charge in [-0.05, 0) is 66.5 Å². The number of hydrogen-bond donors (Lipinski definition) is 1. The van der Waals surface area contributed by atoms with E-state index >= 15 is 0 Å². The SMILES string of the molecule is Cc1ccc(NC(=O)CC2C(=O)N(c3ccc(C)cc3)C(=S)N2Cc2c(/N=C(\[O-])c3ccccc3)on[n+]2C)cc1. The average Bonchev–Trinajstić information content (AvgIpc) is 3.42. The zero-order valence-corrected chi connectivity index (χ0v) is 23.6. The minimum absolute atomic E-state index is 0.00625. The van der Waals surface area contributed by atoms with Crippen LogP contribution < -0.4 is 20.0 Å². The Labute approximate surface area is 242 Å². The van der Waals surface area contributed by atoms with Crippen molar-refractivity contribution in [2.24, 2.45) is 12.0 Å². The summed E-state index contributed by atoms with van der Waals surface area (Å²) in [7, 11) is 1.64. The zero-order valence-electron chi connectivity index (χ0n) is 22.8. The molecule has 1 fully saturated rings. The average molecular weight is 569 g/mol. The van der Waals surface area contributed by atoms with Gasteiger partial charge < -0.3 is 15.3 Å². The highest BCUT2D eigenvalue weighted by atomic mass is 32.1. The number of thiocarbonyl (C=S) groups is 1. The third kappa shape index (κ3) is 5.99. The summed E-state index contributed by atoms with van der Waals surface area (Å²) in [5, 5.41) is 19.8. The second-order valence-electron chi connectivity index (χ2n) is 9.79. The number of anilines is 2. The number of nitrogens with zero attached hydrogens (tertiary/aromatic N) is 5. The number of rotatable bonds is 8. The number of amides is 2. The molecule has 0 spiro atoms. The van der Waals surface area contributed by atoms with Crippen LogP contribution in [0.2, 0.25) is 0 Å². The lowest BCUT2D eigenvalue weighted by molar-refractivity contribution is -0.746. The van der Waals surface area contributed by atoms with Crippen LogP contribution in [-0.4, -0.2) is 39.0 Å². The van der Waals surface area contributed by atoms with Crippen molar-refractivity contribution in [3.63, 3.8) is 0 Å². The Balaban J connectivity index is 1.46. The van der Waals surface area contributed by atoms with Gasteiger partial charge in [0, 0.05) is 5.69 Å². The topological polar surface area (TPSA) is 118 Å². The molecule has 0 radical (unpaired) electrons. The Hall–Kier alpha value is -4.90. The van der Waals surface area contributed by atoms with E-state index in [0.717, 1.165) is 11.1 Å². The molecule has 4 aromatic rings. The monoisotopic (exact) mass is 568 g/mol. The van der Waals surface area contributed by atoms with E-state index in [1.165, 1.54) is 9.58 Å². The van der Waals surface area contributed by atoms with E-state index in [2.05, 4.69) is 15.6 Å². The molecule has 1 aliphatic rings. The summed E-state index contributed by atoms with van der Waals surface area (Å²) >= 11 is 5.79. The molecule has 0 saturated carbocycles. The van der Waals surface area contributed by atoms with Gasteiger partial charge >= 0.3 is 5.88 Å². The number of carbonyl (C=O) groups excluding carboxylic acids is 2. The first kappa shape index (κ1) is 27.7. The van der Waals surface area contributed by atoms with Crippen molar-refractivity contribution in [1.82, 2.24) is 10.2 Å². The highest BCUT2D eigenvalue weighted by molar-refractivity contribution is 7.80. The smallest absolute Gasteiger partial charge is 0.325 e. The van der Waals surface area contributed by atoms with Gasteiger partial charge in [0.15, 0.2) is 12.2 Å². The molecule has 1 saturated heterocycles. The van der Waals surface area contributed by atoms with Gasteiger partial charge in [-0.25, -0.2) is 4.99 Å². The normalized spacial score (nSPS) is 15.5. The number of hydrogen-bond acceptors (Lipinski definition) is 7. The first-order valence-corrected chi connectivity index (χ1v) is 13.4. The van der Waals surface area contributed by atoms with Crippen molar-refractivity contribution in [2.45, 2.75) is 32.9 Å². The summed E-state index contributed by atoms with van der Waals surface area (Å²) < 4.78 is 6.80. The van der Waals surface area contributed by atoms with Crippen LogP contribution in [0.1, 0.15) is 28.8 Å². The maximum Gasteiger partial charge on any atom is 0.325 e. The first-order chi connectivity index (χ1) is 19.7. The lowest BCUT2D eigenvalue weighted by atomic mass is 10.1. The van der Waals surface area contributed by atoms with E-state index in [4.69, 9.17) is 16.7 Å². The molecule has 2 heterocycles. The Morgan fingerprint density at radius 1 is 1.05 bits per heavy atom. The lowest BCUT2D eigenvalue weighted by Gasteiger charge is -2.22. The minimum atomic E-state index is -0.915. The van der Waals surface area contributed by atoms with Gasteiger partial charge in [0.2, 0.25) is 11.2 Å². The number of benzene rings is 3. The summed E-state index contributed by atoms with van der Waals surface area (Å²) in [5.74, 6) is -1.19. The molecule has 10 nitrogen and oxygen atoms in total. The van der Waals surface area contributed by atoms with Gasteiger partial charge in [0.05, 0.1) is 12.1 Å². The van der Waals surface area contributed by atoms with E-state index in [1.54, 1.807) is 54.4 Å². The van der Waals surface area contributed by atoms with Crippen LogP contribution in [0.3, 0.4) is 0 Å². The van der Waals surface area contributed by atoms with E-state index in [-0.39, 0.29) is 35.8 Å². The summed E-state index contributed by atoms with van der Waals surface area (Å²) in [4.78, 5) is 34.1. The second-order valence-corrected chi connectivity index (χ2v) is 10.2. The van der Waals surface area contributed by atoms with Crippen molar-refractivity contribution in [3.05, 3.63) is 101 Å². The molecule has 1 unspecified atom stereocenters. The fourth-order valence-corrected chi connectivity index (χ4v) is 4.85. The number of aliphatic imine (C=N–C) groups is 1. The fraction of sp³-hybridized carbons (Fsp3) is 0.200. The summed E-state index contributed by atoms with van der Waals surface area (Å²) in [6.07, 6.45) is -0.153. The van der Waals surface area contributed by atoms with Gasteiger partial charge in [-0.3, -0.25) is 19.0 Å². The van der Waals surface area contributed by atoms with Crippen LogP contribution in [-0.2, 0) is 23.2 Å². The van der Waals surface area contributed by atoms with Crippen LogP contribution in [0, 0.1) is 13.8 Å². The molecular weight excluding hydrogens is 540 g/mol. The highest BCUT2D eigenvalue weighted by Crippen LogP contribution is 2.30.